The topological polar surface area (TPSA) is 38.7 Å². The van der Waals surface area contributed by atoms with Crippen LogP contribution in [0.2, 0.25) is 0 Å². The van der Waals surface area contributed by atoms with Crippen molar-refractivity contribution >= 4 is 27.6 Å². The zero-order valence-electron chi connectivity index (χ0n) is 12.6. The van der Waals surface area contributed by atoms with Gasteiger partial charge in [0.1, 0.15) is 0 Å². The van der Waals surface area contributed by atoms with Crippen LogP contribution >= 0.6 is 15.9 Å². The van der Waals surface area contributed by atoms with Gasteiger partial charge in [-0.15, -0.1) is 0 Å². The molecule has 0 amide bonds. The largest absolute Gasteiger partial charge is 0.365 e. The highest BCUT2D eigenvalue weighted by molar-refractivity contribution is 9.10. The van der Waals surface area contributed by atoms with E-state index in [9.17, 15) is 4.79 Å². The van der Waals surface area contributed by atoms with Crippen LogP contribution in [0.3, 0.4) is 0 Å². The van der Waals surface area contributed by atoms with Gasteiger partial charge in [0.2, 0.25) is 0 Å². The maximum Gasteiger partial charge on any atom is 0.365 e. The summed E-state index contributed by atoms with van der Waals surface area (Å²) in [6.45, 7) is 6.87. The smallest absolute Gasteiger partial charge is 0.313 e. The molecule has 112 valence electrons. The molecule has 0 heterocycles. The summed E-state index contributed by atoms with van der Waals surface area (Å²) in [6, 6.07) is 7.12. The van der Waals surface area contributed by atoms with Gasteiger partial charge in [0, 0.05) is 9.89 Å². The van der Waals surface area contributed by atoms with Crippen LogP contribution in [-0.4, -0.2) is 11.7 Å². The summed E-state index contributed by atoms with van der Waals surface area (Å²) in [5, 5.41) is 4.23. The average molecular weight is 350 g/mol. The molecule has 0 unspecified atom stereocenters. The van der Waals surface area contributed by atoms with E-state index in [1.807, 2.05) is 12.1 Å². The van der Waals surface area contributed by atoms with Gasteiger partial charge in [-0.2, -0.15) is 0 Å². The lowest BCUT2D eigenvalue weighted by molar-refractivity contribution is 0.0508. The zero-order chi connectivity index (χ0) is 15.3. The minimum atomic E-state index is -0.390. The Kier molecular flexibility index (Phi) is 3.47. The van der Waals surface area contributed by atoms with Gasteiger partial charge in [-0.3, -0.25) is 0 Å². The number of fused-ring (bicyclic) bond motifs is 2. The molecule has 0 aliphatic heterocycles. The van der Waals surface area contributed by atoms with E-state index in [1.165, 1.54) is 6.42 Å². The highest BCUT2D eigenvalue weighted by atomic mass is 79.9. The molecule has 2 saturated carbocycles. The second-order valence-corrected chi connectivity index (χ2v) is 7.83. The second-order valence-electron chi connectivity index (χ2n) is 6.92. The van der Waals surface area contributed by atoms with Crippen LogP contribution in [0.15, 0.2) is 33.9 Å². The monoisotopic (exact) mass is 349 g/mol. The van der Waals surface area contributed by atoms with Crippen LogP contribution in [-0.2, 0) is 4.84 Å². The first-order valence-corrected chi connectivity index (χ1v) is 8.18. The first kappa shape index (κ1) is 14.8. The van der Waals surface area contributed by atoms with Crippen molar-refractivity contribution in [2.45, 2.75) is 40.0 Å². The molecular formula is C17H20BrNO2. The lowest BCUT2D eigenvalue weighted by atomic mass is 9.70. The van der Waals surface area contributed by atoms with E-state index < -0.39 is 0 Å². The van der Waals surface area contributed by atoms with E-state index in [2.05, 4.69) is 41.9 Å². The lowest BCUT2D eigenvalue weighted by Crippen LogP contribution is -2.32. The lowest BCUT2D eigenvalue weighted by Gasteiger charge is -2.34. The average Bonchev–Trinajstić information content (AvgIpc) is 2.78. The summed E-state index contributed by atoms with van der Waals surface area (Å²) in [7, 11) is 0. The molecule has 1 aromatic rings. The van der Waals surface area contributed by atoms with E-state index in [4.69, 9.17) is 4.84 Å². The Morgan fingerprint density at radius 2 is 1.95 bits per heavy atom. The number of benzene rings is 1. The van der Waals surface area contributed by atoms with Crippen LogP contribution < -0.4 is 0 Å². The van der Waals surface area contributed by atoms with E-state index in [1.54, 1.807) is 12.1 Å². The third-order valence-electron chi connectivity index (χ3n) is 5.83. The summed E-state index contributed by atoms with van der Waals surface area (Å²) in [6.07, 6.45) is 3.35. The van der Waals surface area contributed by atoms with Crippen LogP contribution in [0.25, 0.3) is 0 Å². The van der Waals surface area contributed by atoms with Gasteiger partial charge in [0.25, 0.3) is 0 Å². The molecule has 2 atom stereocenters. The van der Waals surface area contributed by atoms with Crippen molar-refractivity contribution in [2.75, 3.05) is 0 Å². The van der Waals surface area contributed by atoms with Crippen molar-refractivity contribution in [3.8, 4) is 0 Å². The molecule has 2 fully saturated rings. The molecular weight excluding hydrogens is 330 g/mol. The number of carbonyl (C=O) groups is 1. The zero-order valence-corrected chi connectivity index (χ0v) is 14.2. The van der Waals surface area contributed by atoms with Gasteiger partial charge in [-0.05, 0) is 54.9 Å². The molecule has 0 N–H and O–H groups in total. The number of halogens is 1. The van der Waals surface area contributed by atoms with Gasteiger partial charge in [-0.25, -0.2) is 4.79 Å². The number of carbonyl (C=O) groups excluding carboxylic acids is 1. The first-order valence-electron chi connectivity index (χ1n) is 7.39. The Morgan fingerprint density at radius 3 is 2.48 bits per heavy atom. The van der Waals surface area contributed by atoms with Gasteiger partial charge in [0.05, 0.1) is 11.3 Å². The van der Waals surface area contributed by atoms with Gasteiger partial charge >= 0.3 is 5.97 Å². The van der Waals surface area contributed by atoms with Crippen molar-refractivity contribution in [2.24, 2.45) is 21.9 Å². The fourth-order valence-electron chi connectivity index (χ4n) is 3.80. The van der Waals surface area contributed by atoms with Crippen LogP contribution in [0, 0.1) is 16.7 Å². The van der Waals surface area contributed by atoms with Gasteiger partial charge in [-0.1, -0.05) is 41.9 Å². The molecule has 21 heavy (non-hydrogen) atoms. The fraction of sp³-hybridized carbons (Fsp3) is 0.529. The molecule has 0 radical (unpaired) electrons. The third kappa shape index (κ3) is 2.24. The number of hydrogen-bond donors (Lipinski definition) is 0. The second kappa shape index (κ2) is 4.94. The quantitative estimate of drug-likeness (QED) is 0.567. The van der Waals surface area contributed by atoms with Crippen molar-refractivity contribution in [3.05, 3.63) is 34.3 Å². The standard InChI is InChI=1S/C17H20BrNO2/c1-16(2)12-8-9-17(16,3)14(10-12)19-21-15(20)11-4-6-13(18)7-5-11/h4-7,12H,8-10H2,1-3H3/t12-,17-/m0/s1. The SMILES string of the molecule is CC1(C)[C@H]2CC[C@@]1(C)C(=NOC(=O)c1ccc(Br)cc1)C2. The van der Waals surface area contributed by atoms with Crippen LogP contribution in [0.1, 0.15) is 50.4 Å². The number of hydrogen-bond acceptors (Lipinski definition) is 3. The van der Waals surface area contributed by atoms with Crippen molar-refractivity contribution in [1.82, 2.24) is 0 Å². The first-order chi connectivity index (χ1) is 9.84. The molecule has 0 spiro atoms. The third-order valence-corrected chi connectivity index (χ3v) is 6.36. The number of oxime groups is 1. The molecule has 3 rings (SSSR count). The number of nitrogens with zero attached hydrogens (tertiary/aromatic N) is 1. The normalized spacial score (nSPS) is 31.6. The predicted molar refractivity (Wildman–Crippen MR) is 86.2 cm³/mol. The Labute approximate surface area is 133 Å². The van der Waals surface area contributed by atoms with E-state index in [0.29, 0.717) is 11.5 Å². The molecule has 2 bridgehead atoms. The minimum Gasteiger partial charge on any atom is -0.313 e. The molecule has 0 aromatic heterocycles. The Hall–Kier alpha value is -1.16. The Morgan fingerprint density at radius 1 is 1.29 bits per heavy atom. The van der Waals surface area contributed by atoms with Crippen molar-refractivity contribution < 1.29 is 9.63 Å². The highest BCUT2D eigenvalue weighted by Gasteiger charge is 2.60. The van der Waals surface area contributed by atoms with Gasteiger partial charge < -0.3 is 4.84 Å². The van der Waals surface area contributed by atoms with Crippen LogP contribution in [0.4, 0.5) is 0 Å². The fourth-order valence-corrected chi connectivity index (χ4v) is 4.07. The maximum absolute atomic E-state index is 12.0. The molecule has 3 nitrogen and oxygen atoms in total. The highest BCUT2D eigenvalue weighted by Crippen LogP contribution is 2.63. The predicted octanol–water partition coefficient (Wildman–Crippen LogP) is 4.81. The van der Waals surface area contributed by atoms with Crippen LogP contribution in [0.5, 0.6) is 0 Å². The van der Waals surface area contributed by atoms with Crippen molar-refractivity contribution in [3.63, 3.8) is 0 Å². The molecule has 2 aliphatic carbocycles. The Balaban J connectivity index is 1.76. The van der Waals surface area contributed by atoms with E-state index in [0.717, 1.165) is 23.0 Å². The van der Waals surface area contributed by atoms with Crippen molar-refractivity contribution in [1.29, 1.82) is 0 Å². The maximum atomic E-state index is 12.0. The summed E-state index contributed by atoms with van der Waals surface area (Å²) in [5.41, 5.74) is 1.89. The summed E-state index contributed by atoms with van der Waals surface area (Å²) >= 11 is 3.35. The molecule has 1 aromatic carbocycles. The summed E-state index contributed by atoms with van der Waals surface area (Å²) < 4.78 is 0.938. The molecule has 2 aliphatic rings. The Bertz CT molecular complexity index is 606. The summed E-state index contributed by atoms with van der Waals surface area (Å²) in [5.74, 6) is 0.270. The van der Waals surface area contributed by atoms with E-state index in [-0.39, 0.29) is 16.8 Å². The minimum absolute atomic E-state index is 0.0671. The van der Waals surface area contributed by atoms with Gasteiger partial charge in [0.15, 0.2) is 0 Å². The molecule has 0 saturated heterocycles. The summed E-state index contributed by atoms with van der Waals surface area (Å²) in [4.78, 5) is 17.2. The number of rotatable bonds is 2. The molecule has 4 heteroatoms. The van der Waals surface area contributed by atoms with E-state index >= 15 is 0 Å².